The van der Waals surface area contributed by atoms with Gasteiger partial charge in [0, 0.05) is 31.2 Å². The zero-order chi connectivity index (χ0) is 18.7. The predicted octanol–water partition coefficient (Wildman–Crippen LogP) is 2.66. The van der Waals surface area contributed by atoms with Crippen LogP contribution in [0.1, 0.15) is 31.1 Å². The maximum atomic E-state index is 12.6. The third-order valence-electron chi connectivity index (χ3n) is 4.37. The largest absolute Gasteiger partial charge is 0.449 e. The van der Waals surface area contributed by atoms with Gasteiger partial charge in [-0.25, -0.2) is 4.79 Å². The average molecular weight is 356 g/mol. The van der Waals surface area contributed by atoms with E-state index in [0.29, 0.717) is 18.7 Å². The van der Waals surface area contributed by atoms with Crippen LogP contribution in [0.15, 0.2) is 48.8 Å². The highest BCUT2D eigenvalue weighted by Crippen LogP contribution is 2.15. The summed E-state index contributed by atoms with van der Waals surface area (Å²) in [4.78, 5) is 26.6. The molecule has 1 fully saturated rings. The standard InChI is InChI=1S/C20H24N2O4/c1-14-12-22(13-15(2)25-14)19(23)16(3)26-20(24)17-6-8-18(9-7-17)21-10-4-5-11-21/h4-11,14-16H,12-13H2,1-3H3. The summed E-state index contributed by atoms with van der Waals surface area (Å²) < 4.78 is 13.0. The van der Waals surface area contributed by atoms with E-state index in [9.17, 15) is 9.59 Å². The van der Waals surface area contributed by atoms with Crippen LogP contribution in [0, 0.1) is 0 Å². The second-order valence-electron chi connectivity index (χ2n) is 6.69. The Hall–Kier alpha value is -2.60. The third kappa shape index (κ3) is 4.14. The highest BCUT2D eigenvalue weighted by molar-refractivity contribution is 5.92. The van der Waals surface area contributed by atoms with Gasteiger partial charge in [0.15, 0.2) is 6.10 Å². The number of hydrogen-bond acceptors (Lipinski definition) is 4. The molecule has 0 bridgehead atoms. The molecule has 0 saturated carbocycles. The Morgan fingerprint density at radius 3 is 2.23 bits per heavy atom. The molecule has 0 N–H and O–H groups in total. The minimum absolute atomic E-state index is 0.0215. The molecule has 1 aromatic heterocycles. The second kappa shape index (κ2) is 7.74. The Bertz CT molecular complexity index is 745. The third-order valence-corrected chi connectivity index (χ3v) is 4.37. The molecule has 1 saturated heterocycles. The first-order valence-corrected chi connectivity index (χ1v) is 8.82. The minimum atomic E-state index is -0.830. The van der Waals surface area contributed by atoms with Crippen LogP contribution in [0.25, 0.3) is 5.69 Å². The van der Waals surface area contributed by atoms with Crippen LogP contribution in [0.2, 0.25) is 0 Å². The van der Waals surface area contributed by atoms with Crippen molar-refractivity contribution in [3.63, 3.8) is 0 Å². The lowest BCUT2D eigenvalue weighted by molar-refractivity contribution is -0.151. The Morgan fingerprint density at radius 1 is 1.08 bits per heavy atom. The number of morpholine rings is 1. The number of hydrogen-bond donors (Lipinski definition) is 0. The zero-order valence-electron chi connectivity index (χ0n) is 15.3. The van der Waals surface area contributed by atoms with Crippen molar-refractivity contribution in [1.29, 1.82) is 0 Å². The molecule has 6 nitrogen and oxygen atoms in total. The van der Waals surface area contributed by atoms with Crippen molar-refractivity contribution < 1.29 is 19.1 Å². The molecule has 3 unspecified atom stereocenters. The summed E-state index contributed by atoms with van der Waals surface area (Å²) in [5.41, 5.74) is 1.37. The number of ether oxygens (including phenoxy) is 2. The van der Waals surface area contributed by atoms with Gasteiger partial charge in [-0.2, -0.15) is 0 Å². The van der Waals surface area contributed by atoms with Gasteiger partial charge in [0.1, 0.15) is 0 Å². The molecule has 3 rings (SSSR count). The highest BCUT2D eigenvalue weighted by atomic mass is 16.5. The van der Waals surface area contributed by atoms with E-state index in [1.807, 2.05) is 55.1 Å². The molecule has 26 heavy (non-hydrogen) atoms. The van der Waals surface area contributed by atoms with Crippen molar-refractivity contribution in [2.75, 3.05) is 13.1 Å². The van der Waals surface area contributed by atoms with Gasteiger partial charge in [-0.3, -0.25) is 4.79 Å². The monoisotopic (exact) mass is 356 g/mol. The molecule has 0 aliphatic carbocycles. The zero-order valence-corrected chi connectivity index (χ0v) is 15.3. The molecule has 6 heteroatoms. The van der Waals surface area contributed by atoms with Crippen molar-refractivity contribution in [1.82, 2.24) is 9.47 Å². The summed E-state index contributed by atoms with van der Waals surface area (Å²) in [5, 5.41) is 0. The SMILES string of the molecule is CC1CN(C(=O)C(C)OC(=O)c2ccc(-n3cccc3)cc2)CC(C)O1. The van der Waals surface area contributed by atoms with Gasteiger partial charge in [-0.15, -0.1) is 0 Å². The Kier molecular flexibility index (Phi) is 5.42. The molecule has 0 radical (unpaired) electrons. The molecular formula is C20H24N2O4. The van der Waals surface area contributed by atoms with Crippen LogP contribution in [-0.2, 0) is 14.3 Å². The van der Waals surface area contributed by atoms with Crippen molar-refractivity contribution in [2.24, 2.45) is 0 Å². The lowest BCUT2D eigenvalue weighted by Gasteiger charge is -2.36. The number of aromatic nitrogens is 1. The van der Waals surface area contributed by atoms with Crippen LogP contribution >= 0.6 is 0 Å². The summed E-state index contributed by atoms with van der Waals surface area (Å²) >= 11 is 0. The summed E-state index contributed by atoms with van der Waals surface area (Å²) in [6, 6.07) is 11.0. The number of rotatable bonds is 4. The lowest BCUT2D eigenvalue weighted by atomic mass is 10.2. The van der Waals surface area contributed by atoms with Crippen molar-refractivity contribution in [3.05, 3.63) is 54.4 Å². The number of amides is 1. The molecule has 3 atom stereocenters. The van der Waals surface area contributed by atoms with E-state index in [1.165, 1.54) is 0 Å². The molecule has 1 aliphatic heterocycles. The maximum Gasteiger partial charge on any atom is 0.338 e. The first-order valence-electron chi connectivity index (χ1n) is 8.82. The fourth-order valence-corrected chi connectivity index (χ4v) is 3.17. The van der Waals surface area contributed by atoms with Gasteiger partial charge in [0.05, 0.1) is 17.8 Å². The van der Waals surface area contributed by atoms with Gasteiger partial charge in [-0.05, 0) is 57.2 Å². The van der Waals surface area contributed by atoms with Crippen LogP contribution < -0.4 is 0 Å². The molecule has 1 amide bonds. The van der Waals surface area contributed by atoms with Crippen LogP contribution in [-0.4, -0.2) is 52.7 Å². The highest BCUT2D eigenvalue weighted by Gasteiger charge is 2.30. The van der Waals surface area contributed by atoms with Gasteiger partial charge < -0.3 is 18.9 Å². The summed E-state index contributed by atoms with van der Waals surface area (Å²) in [7, 11) is 0. The first kappa shape index (κ1) is 18.2. The molecule has 2 heterocycles. The minimum Gasteiger partial charge on any atom is -0.449 e. The van der Waals surface area contributed by atoms with Gasteiger partial charge in [-0.1, -0.05) is 0 Å². The average Bonchev–Trinajstić information content (AvgIpc) is 3.15. The molecular weight excluding hydrogens is 332 g/mol. The molecule has 1 aromatic carbocycles. The second-order valence-corrected chi connectivity index (χ2v) is 6.69. The van der Waals surface area contributed by atoms with E-state index in [0.717, 1.165) is 5.69 Å². The number of carbonyl (C=O) groups excluding carboxylic acids is 2. The molecule has 0 spiro atoms. The maximum absolute atomic E-state index is 12.6. The topological polar surface area (TPSA) is 60.8 Å². The fourth-order valence-electron chi connectivity index (χ4n) is 3.17. The van der Waals surface area contributed by atoms with Crippen LogP contribution in [0.3, 0.4) is 0 Å². The normalized spacial score (nSPS) is 21.3. The number of esters is 1. The van der Waals surface area contributed by atoms with E-state index in [-0.39, 0.29) is 18.1 Å². The Labute approximate surface area is 153 Å². The van der Waals surface area contributed by atoms with Crippen LogP contribution in [0.4, 0.5) is 0 Å². The van der Waals surface area contributed by atoms with E-state index in [1.54, 1.807) is 24.0 Å². The number of carbonyl (C=O) groups is 2. The smallest absolute Gasteiger partial charge is 0.338 e. The fraction of sp³-hybridized carbons (Fsp3) is 0.400. The lowest BCUT2D eigenvalue weighted by Crippen LogP contribution is -2.51. The summed E-state index contributed by atoms with van der Waals surface area (Å²) in [5.74, 6) is -0.691. The van der Waals surface area contributed by atoms with Crippen molar-refractivity contribution in [3.8, 4) is 5.69 Å². The Morgan fingerprint density at radius 2 is 1.65 bits per heavy atom. The summed E-state index contributed by atoms with van der Waals surface area (Å²) in [6.07, 6.45) is 2.99. The van der Waals surface area contributed by atoms with Gasteiger partial charge in [0.2, 0.25) is 0 Å². The van der Waals surface area contributed by atoms with Crippen molar-refractivity contribution >= 4 is 11.9 Å². The van der Waals surface area contributed by atoms with Gasteiger partial charge in [0.25, 0.3) is 5.91 Å². The predicted molar refractivity (Wildman–Crippen MR) is 97.2 cm³/mol. The number of benzene rings is 1. The van der Waals surface area contributed by atoms with Crippen LogP contribution in [0.5, 0.6) is 0 Å². The Balaban J connectivity index is 1.61. The van der Waals surface area contributed by atoms with E-state index >= 15 is 0 Å². The van der Waals surface area contributed by atoms with Gasteiger partial charge >= 0.3 is 5.97 Å². The molecule has 138 valence electrons. The van der Waals surface area contributed by atoms with E-state index < -0.39 is 12.1 Å². The van der Waals surface area contributed by atoms with E-state index in [2.05, 4.69) is 0 Å². The molecule has 2 aromatic rings. The number of nitrogens with zero attached hydrogens (tertiary/aromatic N) is 2. The summed E-state index contributed by atoms with van der Waals surface area (Å²) in [6.45, 7) is 6.49. The molecule has 1 aliphatic rings. The first-order chi connectivity index (χ1) is 12.4. The van der Waals surface area contributed by atoms with Crippen molar-refractivity contribution in [2.45, 2.75) is 39.1 Å². The quantitative estimate of drug-likeness (QED) is 0.790. The van der Waals surface area contributed by atoms with E-state index in [4.69, 9.17) is 9.47 Å².